The first-order valence-corrected chi connectivity index (χ1v) is 13.7. The number of amides is 2. The molecule has 1 spiro atoms. The fourth-order valence-electron chi connectivity index (χ4n) is 4.99. The zero-order valence-corrected chi connectivity index (χ0v) is 22.9. The summed E-state index contributed by atoms with van der Waals surface area (Å²) in [5, 5.41) is 11.5. The Morgan fingerprint density at radius 3 is 2.54 bits per heavy atom. The summed E-state index contributed by atoms with van der Waals surface area (Å²) in [6.45, 7) is 5.25. The predicted octanol–water partition coefficient (Wildman–Crippen LogP) is 5.03. The molecule has 0 radical (unpaired) electrons. The Hall–Kier alpha value is -4.13. The molecule has 39 heavy (non-hydrogen) atoms. The van der Waals surface area contributed by atoms with E-state index in [-0.39, 0.29) is 18.3 Å². The van der Waals surface area contributed by atoms with Gasteiger partial charge in [0.15, 0.2) is 10.4 Å². The van der Waals surface area contributed by atoms with E-state index in [1.807, 2.05) is 48.5 Å². The average Bonchev–Trinajstić information content (AvgIpc) is 3.14. The molecule has 2 heterocycles. The van der Waals surface area contributed by atoms with Crippen molar-refractivity contribution in [3.05, 3.63) is 89.5 Å². The van der Waals surface area contributed by atoms with Crippen molar-refractivity contribution in [2.45, 2.75) is 48.5 Å². The number of nitrogens with one attached hydrogen (secondary N) is 1. The lowest BCUT2D eigenvalue weighted by atomic mass is 9.82. The van der Waals surface area contributed by atoms with Gasteiger partial charge in [-0.1, -0.05) is 42.5 Å². The van der Waals surface area contributed by atoms with Gasteiger partial charge in [-0.05, 0) is 73.4 Å². The smallest absolute Gasteiger partial charge is 0.414 e. The largest absolute Gasteiger partial charge is 0.611 e. The van der Waals surface area contributed by atoms with E-state index >= 15 is 0 Å². The average molecular weight is 541 g/mol. The Morgan fingerprint density at radius 1 is 1.13 bits per heavy atom. The van der Waals surface area contributed by atoms with Crippen LogP contribution in [-0.4, -0.2) is 40.1 Å². The quantitative estimate of drug-likeness (QED) is 0.458. The number of nitriles is 1. The van der Waals surface area contributed by atoms with Gasteiger partial charge in [-0.25, -0.2) is 9.79 Å². The Bertz CT molecular complexity index is 1530. The summed E-state index contributed by atoms with van der Waals surface area (Å²) in [6.07, 6.45) is -0.569. The molecule has 0 fully saturated rings. The zero-order valence-electron chi connectivity index (χ0n) is 22.1. The van der Waals surface area contributed by atoms with Crippen molar-refractivity contribution in [1.29, 1.82) is 5.26 Å². The van der Waals surface area contributed by atoms with Crippen LogP contribution in [0.1, 0.15) is 49.1 Å². The van der Waals surface area contributed by atoms with Crippen LogP contribution in [-0.2, 0) is 26.2 Å². The maximum atomic E-state index is 14.0. The second kappa shape index (κ2) is 9.88. The first-order chi connectivity index (χ1) is 18.5. The maximum absolute atomic E-state index is 14.0. The fraction of sp³-hybridized carbons (Fsp3) is 0.267. The summed E-state index contributed by atoms with van der Waals surface area (Å²) >= 11 is -1.46. The highest BCUT2D eigenvalue weighted by Crippen LogP contribution is 2.52. The van der Waals surface area contributed by atoms with Gasteiger partial charge in [-0.15, -0.1) is 0 Å². The molecule has 198 valence electrons. The van der Waals surface area contributed by atoms with Crippen molar-refractivity contribution in [3.8, 4) is 17.2 Å². The van der Waals surface area contributed by atoms with Crippen LogP contribution in [0.4, 0.5) is 4.79 Å². The van der Waals surface area contributed by atoms with E-state index in [4.69, 9.17) is 9.73 Å². The molecule has 0 aromatic heterocycles. The van der Waals surface area contributed by atoms with Gasteiger partial charge in [0.1, 0.15) is 10.9 Å². The fourth-order valence-corrected chi connectivity index (χ4v) is 6.74. The SMILES string of the molecule is CN1C(=O)C2(CC(c3ccccc3)[S+]([O-])c3ccc(-c4cccc(C#N)c4)cc32)N=C1NC(=O)OC(C)(C)C. The van der Waals surface area contributed by atoms with Gasteiger partial charge in [-0.2, -0.15) is 5.26 Å². The molecule has 3 unspecified atom stereocenters. The predicted molar refractivity (Wildman–Crippen MR) is 148 cm³/mol. The monoisotopic (exact) mass is 540 g/mol. The number of alkyl carbamates (subject to hydrolysis) is 1. The number of rotatable bonds is 2. The van der Waals surface area contributed by atoms with Gasteiger partial charge in [0.2, 0.25) is 5.96 Å². The highest BCUT2D eigenvalue weighted by atomic mass is 32.2. The summed E-state index contributed by atoms with van der Waals surface area (Å²) in [5.74, 6) is -0.271. The van der Waals surface area contributed by atoms with Crippen molar-refractivity contribution < 1.29 is 18.9 Å². The van der Waals surface area contributed by atoms with Gasteiger partial charge in [0.05, 0.1) is 11.6 Å². The van der Waals surface area contributed by atoms with Gasteiger partial charge in [-0.3, -0.25) is 15.0 Å². The zero-order chi connectivity index (χ0) is 27.9. The summed E-state index contributed by atoms with van der Waals surface area (Å²) in [5.41, 5.74) is 1.27. The molecule has 2 amide bonds. The number of nitrogens with zero attached hydrogens (tertiary/aromatic N) is 3. The van der Waals surface area contributed by atoms with E-state index in [2.05, 4.69) is 11.4 Å². The summed E-state index contributed by atoms with van der Waals surface area (Å²) in [6, 6.07) is 24.2. The number of ether oxygens (including phenoxy) is 1. The Kier molecular flexibility index (Phi) is 6.70. The molecule has 2 aliphatic rings. The van der Waals surface area contributed by atoms with Crippen LogP contribution in [0.2, 0.25) is 0 Å². The first-order valence-electron chi connectivity index (χ1n) is 12.5. The Labute approximate surface area is 230 Å². The minimum atomic E-state index is -1.46. The van der Waals surface area contributed by atoms with Gasteiger partial charge >= 0.3 is 6.09 Å². The van der Waals surface area contributed by atoms with Crippen LogP contribution < -0.4 is 5.32 Å². The van der Waals surface area contributed by atoms with Crippen LogP contribution >= 0.6 is 0 Å². The molecular formula is C30H28N4O4S. The lowest BCUT2D eigenvalue weighted by Crippen LogP contribution is -2.46. The number of benzene rings is 3. The molecule has 0 bridgehead atoms. The second-order valence-corrected chi connectivity index (χ2v) is 12.2. The summed E-state index contributed by atoms with van der Waals surface area (Å²) in [4.78, 5) is 33.3. The van der Waals surface area contributed by atoms with E-state index in [0.29, 0.717) is 16.0 Å². The molecule has 5 rings (SSSR count). The molecule has 0 saturated heterocycles. The maximum Gasteiger partial charge on any atom is 0.414 e. The number of carbonyl (C=O) groups excluding carboxylic acids is 2. The first kappa shape index (κ1) is 26.5. The molecule has 3 atom stereocenters. The lowest BCUT2D eigenvalue weighted by molar-refractivity contribution is -0.131. The second-order valence-electron chi connectivity index (χ2n) is 10.6. The number of fused-ring (bicyclic) bond motifs is 2. The molecule has 3 aromatic rings. The van der Waals surface area contributed by atoms with Gasteiger partial charge in [0.25, 0.3) is 5.91 Å². The number of hydrogen-bond acceptors (Lipinski definition) is 6. The highest BCUT2D eigenvalue weighted by Gasteiger charge is 2.58. The third kappa shape index (κ3) is 4.89. The topological polar surface area (TPSA) is 118 Å². The normalized spacial score (nSPS) is 22.2. The molecule has 3 aromatic carbocycles. The van der Waals surface area contributed by atoms with Crippen LogP contribution in [0, 0.1) is 11.3 Å². The summed E-state index contributed by atoms with van der Waals surface area (Å²) < 4.78 is 19.3. The number of hydrogen-bond donors (Lipinski definition) is 1. The molecule has 0 saturated carbocycles. The molecule has 8 nitrogen and oxygen atoms in total. The van der Waals surface area contributed by atoms with Crippen molar-refractivity contribution in [1.82, 2.24) is 10.2 Å². The minimum Gasteiger partial charge on any atom is -0.611 e. The van der Waals surface area contributed by atoms with Crippen LogP contribution in [0.15, 0.2) is 82.7 Å². The third-order valence-corrected chi connectivity index (χ3v) is 8.51. The van der Waals surface area contributed by atoms with Crippen LogP contribution in [0.5, 0.6) is 0 Å². The number of aliphatic imine (C=N–C) groups is 1. The Morgan fingerprint density at radius 2 is 1.85 bits per heavy atom. The third-order valence-electron chi connectivity index (χ3n) is 6.76. The minimum absolute atomic E-state index is 0.0663. The van der Waals surface area contributed by atoms with E-state index in [1.54, 1.807) is 52.1 Å². The van der Waals surface area contributed by atoms with E-state index in [9.17, 15) is 19.4 Å². The van der Waals surface area contributed by atoms with Crippen molar-refractivity contribution >= 4 is 29.1 Å². The number of guanidine groups is 1. The van der Waals surface area contributed by atoms with Crippen molar-refractivity contribution in [2.75, 3.05) is 7.05 Å². The number of likely N-dealkylation sites (N-methyl/N-ethyl adjacent to an activating group) is 1. The Balaban J connectivity index is 1.66. The van der Waals surface area contributed by atoms with Crippen LogP contribution in [0.25, 0.3) is 11.1 Å². The molecule has 0 aliphatic carbocycles. The van der Waals surface area contributed by atoms with Crippen molar-refractivity contribution in [3.63, 3.8) is 0 Å². The molecular weight excluding hydrogens is 512 g/mol. The van der Waals surface area contributed by atoms with E-state index in [0.717, 1.165) is 16.7 Å². The summed E-state index contributed by atoms with van der Waals surface area (Å²) in [7, 11) is 1.55. The molecule has 9 heteroatoms. The number of carbonyl (C=O) groups is 2. The lowest BCUT2D eigenvalue weighted by Gasteiger charge is -2.37. The van der Waals surface area contributed by atoms with E-state index in [1.165, 1.54) is 4.90 Å². The molecule has 1 N–H and O–H groups in total. The standard InChI is InChI=1S/C30H28N4O4S/c1-29(2,3)38-28(36)32-27-33-30(26(35)34(27)4)17-25(20-10-6-5-7-11-20)39(37)24-14-13-22(16-23(24)30)21-12-8-9-19(15-21)18-31/h5-16,25H,17H2,1-4H3,(H,32,33,36). The van der Waals surface area contributed by atoms with Gasteiger partial charge < -0.3 is 9.29 Å². The van der Waals surface area contributed by atoms with Crippen LogP contribution in [0.3, 0.4) is 0 Å². The molecule has 2 aliphatic heterocycles. The van der Waals surface area contributed by atoms with Gasteiger partial charge in [0, 0.05) is 24.6 Å². The van der Waals surface area contributed by atoms with E-state index < -0.39 is 33.7 Å². The highest BCUT2D eigenvalue weighted by molar-refractivity contribution is 7.91. The van der Waals surface area contributed by atoms with Crippen molar-refractivity contribution in [2.24, 2.45) is 4.99 Å².